The number of aryl methyl sites for hydroxylation is 1. The first kappa shape index (κ1) is 12.9. The SMILES string of the molecule is Cc1cc(N)n(-c2cc(S(=O)(=O)O)ccc2Cl)n1. The lowest BCUT2D eigenvalue weighted by Crippen LogP contribution is -2.05. The number of halogens is 1. The number of anilines is 1. The van der Waals surface area contributed by atoms with Crippen LogP contribution in [0.1, 0.15) is 5.69 Å². The van der Waals surface area contributed by atoms with E-state index in [0.29, 0.717) is 11.5 Å². The van der Waals surface area contributed by atoms with Gasteiger partial charge in [-0.25, -0.2) is 4.68 Å². The summed E-state index contributed by atoms with van der Waals surface area (Å²) in [7, 11) is -4.30. The minimum Gasteiger partial charge on any atom is -0.384 e. The van der Waals surface area contributed by atoms with Crippen LogP contribution < -0.4 is 5.73 Å². The second-order valence-corrected chi connectivity index (χ2v) is 5.54. The molecule has 2 rings (SSSR count). The van der Waals surface area contributed by atoms with Crippen LogP contribution in [0.3, 0.4) is 0 Å². The van der Waals surface area contributed by atoms with Crippen molar-refractivity contribution in [3.63, 3.8) is 0 Å². The number of nitrogens with two attached hydrogens (primary N) is 1. The molecule has 18 heavy (non-hydrogen) atoms. The van der Waals surface area contributed by atoms with Crippen LogP contribution in [0.2, 0.25) is 5.02 Å². The minimum absolute atomic E-state index is 0.269. The minimum atomic E-state index is -4.30. The maximum atomic E-state index is 11.1. The smallest absolute Gasteiger partial charge is 0.294 e. The molecule has 0 saturated carbocycles. The highest BCUT2D eigenvalue weighted by Crippen LogP contribution is 2.25. The molecule has 0 aliphatic rings. The summed E-state index contributed by atoms with van der Waals surface area (Å²) in [6, 6.07) is 5.39. The molecule has 1 aromatic carbocycles. The molecule has 0 unspecified atom stereocenters. The molecule has 0 radical (unpaired) electrons. The number of aromatic nitrogens is 2. The van der Waals surface area contributed by atoms with Gasteiger partial charge >= 0.3 is 0 Å². The molecule has 3 N–H and O–H groups in total. The Morgan fingerprint density at radius 2 is 2.06 bits per heavy atom. The Morgan fingerprint density at radius 1 is 1.39 bits per heavy atom. The molecule has 0 amide bonds. The number of nitrogen functional groups attached to an aromatic ring is 1. The predicted molar refractivity (Wildman–Crippen MR) is 67.5 cm³/mol. The van der Waals surface area contributed by atoms with Crippen LogP contribution in [0.5, 0.6) is 0 Å². The highest BCUT2D eigenvalue weighted by atomic mass is 35.5. The Balaban J connectivity index is 2.68. The van der Waals surface area contributed by atoms with Gasteiger partial charge in [0.05, 0.1) is 21.3 Å². The summed E-state index contributed by atoms with van der Waals surface area (Å²) in [6.07, 6.45) is 0. The average molecular weight is 288 g/mol. The van der Waals surface area contributed by atoms with Crippen molar-refractivity contribution in [1.82, 2.24) is 9.78 Å². The third-order valence-electron chi connectivity index (χ3n) is 2.30. The van der Waals surface area contributed by atoms with Crippen LogP contribution in [-0.2, 0) is 10.1 Å². The van der Waals surface area contributed by atoms with Crippen molar-refractivity contribution in [1.29, 1.82) is 0 Å². The number of nitrogens with zero attached hydrogens (tertiary/aromatic N) is 2. The molecule has 1 heterocycles. The Morgan fingerprint density at radius 3 is 2.56 bits per heavy atom. The van der Waals surface area contributed by atoms with Crippen molar-refractivity contribution in [2.24, 2.45) is 0 Å². The van der Waals surface area contributed by atoms with Gasteiger partial charge in [-0.1, -0.05) is 11.6 Å². The zero-order valence-electron chi connectivity index (χ0n) is 9.33. The van der Waals surface area contributed by atoms with Crippen LogP contribution in [-0.4, -0.2) is 22.8 Å². The summed E-state index contributed by atoms with van der Waals surface area (Å²) in [4.78, 5) is -0.269. The highest BCUT2D eigenvalue weighted by Gasteiger charge is 2.15. The first-order chi connectivity index (χ1) is 8.29. The molecule has 0 saturated heterocycles. The summed E-state index contributed by atoms with van der Waals surface area (Å²) < 4.78 is 32.4. The maximum absolute atomic E-state index is 11.1. The van der Waals surface area contributed by atoms with Gasteiger partial charge in [-0.15, -0.1) is 0 Å². The van der Waals surface area contributed by atoms with E-state index in [9.17, 15) is 8.42 Å². The van der Waals surface area contributed by atoms with Crippen LogP contribution >= 0.6 is 11.6 Å². The fraction of sp³-hybridized carbons (Fsp3) is 0.100. The van der Waals surface area contributed by atoms with Crippen molar-refractivity contribution < 1.29 is 13.0 Å². The fourth-order valence-electron chi connectivity index (χ4n) is 1.53. The molecule has 96 valence electrons. The Labute approximate surface area is 109 Å². The predicted octanol–water partition coefficient (Wildman–Crippen LogP) is 1.66. The third kappa shape index (κ3) is 2.33. The first-order valence-corrected chi connectivity index (χ1v) is 6.70. The summed E-state index contributed by atoms with van der Waals surface area (Å²) in [5.74, 6) is 0.321. The normalized spacial score (nSPS) is 11.7. The van der Waals surface area contributed by atoms with Crippen LogP contribution in [0.4, 0.5) is 5.82 Å². The molecule has 6 nitrogen and oxygen atoms in total. The van der Waals surface area contributed by atoms with Gasteiger partial charge < -0.3 is 5.73 Å². The summed E-state index contributed by atoms with van der Waals surface area (Å²) in [5, 5.41) is 4.37. The van der Waals surface area contributed by atoms with Crippen LogP contribution in [0.25, 0.3) is 5.69 Å². The number of hydrogen-bond acceptors (Lipinski definition) is 4. The number of rotatable bonds is 2. The quantitative estimate of drug-likeness (QED) is 0.819. The van der Waals surface area contributed by atoms with Gasteiger partial charge in [0.25, 0.3) is 10.1 Å². The summed E-state index contributed by atoms with van der Waals surface area (Å²) in [5.41, 5.74) is 6.69. The second kappa shape index (κ2) is 4.27. The van der Waals surface area contributed by atoms with Crippen molar-refractivity contribution in [2.75, 3.05) is 5.73 Å². The van der Waals surface area contributed by atoms with E-state index in [4.69, 9.17) is 21.9 Å². The zero-order chi connectivity index (χ0) is 13.5. The number of benzene rings is 1. The maximum Gasteiger partial charge on any atom is 0.294 e. The van der Waals surface area contributed by atoms with Crippen molar-refractivity contribution >= 4 is 27.5 Å². The average Bonchev–Trinajstić information content (AvgIpc) is 2.56. The van der Waals surface area contributed by atoms with E-state index >= 15 is 0 Å². The number of hydrogen-bond donors (Lipinski definition) is 2. The van der Waals surface area contributed by atoms with Crippen molar-refractivity contribution in [2.45, 2.75) is 11.8 Å². The third-order valence-corrected chi connectivity index (χ3v) is 3.47. The zero-order valence-corrected chi connectivity index (χ0v) is 10.9. The van der Waals surface area contributed by atoms with E-state index in [0.717, 1.165) is 0 Å². The molecule has 0 atom stereocenters. The molecule has 0 aliphatic carbocycles. The van der Waals surface area contributed by atoms with E-state index in [-0.39, 0.29) is 15.6 Å². The van der Waals surface area contributed by atoms with Gasteiger partial charge in [0.1, 0.15) is 5.82 Å². The molecule has 8 heteroatoms. The Kier molecular flexibility index (Phi) is 3.05. The standard InChI is InChI=1S/C10H10ClN3O3S/c1-6-4-10(12)14(13-6)9-5-7(18(15,16)17)2-3-8(9)11/h2-5H,12H2,1H3,(H,15,16,17). The fourth-order valence-corrected chi connectivity index (χ4v) is 2.23. The second-order valence-electron chi connectivity index (χ2n) is 3.71. The lowest BCUT2D eigenvalue weighted by Gasteiger charge is -2.07. The van der Waals surface area contributed by atoms with Gasteiger partial charge in [0.2, 0.25) is 0 Å². The van der Waals surface area contributed by atoms with Crippen molar-refractivity contribution in [3.8, 4) is 5.69 Å². The van der Waals surface area contributed by atoms with Gasteiger partial charge in [-0.3, -0.25) is 4.55 Å². The van der Waals surface area contributed by atoms with E-state index in [2.05, 4.69) is 5.10 Å². The topological polar surface area (TPSA) is 98.2 Å². The molecule has 0 bridgehead atoms. The van der Waals surface area contributed by atoms with Crippen molar-refractivity contribution in [3.05, 3.63) is 35.0 Å². The van der Waals surface area contributed by atoms with Gasteiger partial charge in [-0.2, -0.15) is 13.5 Å². The molecule has 0 aliphatic heterocycles. The highest BCUT2D eigenvalue weighted by molar-refractivity contribution is 7.85. The van der Waals surface area contributed by atoms with Crippen LogP contribution in [0.15, 0.2) is 29.2 Å². The van der Waals surface area contributed by atoms with E-state index < -0.39 is 10.1 Å². The molecule has 0 fully saturated rings. The lowest BCUT2D eigenvalue weighted by atomic mass is 10.3. The van der Waals surface area contributed by atoms with Gasteiger partial charge in [-0.05, 0) is 25.1 Å². The Bertz CT molecular complexity index is 709. The first-order valence-electron chi connectivity index (χ1n) is 4.88. The lowest BCUT2D eigenvalue weighted by molar-refractivity contribution is 0.483. The van der Waals surface area contributed by atoms with E-state index in [1.165, 1.54) is 22.9 Å². The Hall–Kier alpha value is -1.57. The molecular weight excluding hydrogens is 278 g/mol. The van der Waals surface area contributed by atoms with E-state index in [1.54, 1.807) is 13.0 Å². The molecule has 0 spiro atoms. The molecule has 2 aromatic rings. The monoisotopic (exact) mass is 287 g/mol. The molecular formula is C10H10ClN3O3S. The molecule has 1 aromatic heterocycles. The summed E-state index contributed by atoms with van der Waals surface area (Å²) in [6.45, 7) is 1.74. The van der Waals surface area contributed by atoms with E-state index in [1.807, 2.05) is 0 Å². The summed E-state index contributed by atoms with van der Waals surface area (Å²) >= 11 is 5.97. The van der Waals surface area contributed by atoms with Gasteiger partial charge in [0, 0.05) is 6.07 Å². The largest absolute Gasteiger partial charge is 0.384 e. The van der Waals surface area contributed by atoms with Crippen LogP contribution in [0, 0.1) is 6.92 Å². The van der Waals surface area contributed by atoms with Gasteiger partial charge in [0.15, 0.2) is 0 Å².